The molecule has 0 saturated carbocycles. The Morgan fingerprint density at radius 1 is 0.727 bits per heavy atom. The molecule has 0 heterocycles. The second kappa shape index (κ2) is 23.6. The van der Waals surface area contributed by atoms with Gasteiger partial charge in [0.1, 0.15) is 0 Å². The molecule has 0 atom stereocenters. The second-order valence-electron chi connectivity index (χ2n) is 1.62. The van der Waals surface area contributed by atoms with Gasteiger partial charge in [-0.3, -0.25) is 0 Å². The minimum atomic E-state index is 0. The summed E-state index contributed by atoms with van der Waals surface area (Å²) < 4.78 is 0. The van der Waals surface area contributed by atoms with Gasteiger partial charge >= 0.3 is 118 Å². The molecule has 0 bridgehead atoms. The van der Waals surface area contributed by atoms with E-state index in [2.05, 4.69) is 25.7 Å². The third kappa shape index (κ3) is 20.1. The molecule has 0 aliphatic carbocycles. The summed E-state index contributed by atoms with van der Waals surface area (Å²) in [4.78, 5) is 2.38. The topological polar surface area (TPSA) is 3.24 Å². The van der Waals surface area contributed by atoms with Crippen LogP contribution in [0.3, 0.4) is 0 Å². The Balaban J connectivity index is -0.00000000643. The van der Waals surface area contributed by atoms with Gasteiger partial charge in [0.25, 0.3) is 0 Å². The van der Waals surface area contributed by atoms with E-state index in [1.807, 2.05) is 0 Å². The molecule has 0 fully saturated rings. The minimum absolute atomic E-state index is 0. The molecule has 0 radical (unpaired) electrons. The second-order valence-corrected chi connectivity index (χ2v) is 1.62. The van der Waals surface area contributed by atoms with Crippen LogP contribution in [0.5, 0.6) is 0 Å². The van der Waals surface area contributed by atoms with Gasteiger partial charge in [-0.2, -0.15) is 0 Å². The Labute approximate surface area is 166 Å². The van der Waals surface area contributed by atoms with Gasteiger partial charge in [0.15, 0.2) is 0 Å². The maximum atomic E-state index is 2.38. The van der Waals surface area contributed by atoms with Crippen LogP contribution < -0.4 is 118 Å². The van der Waals surface area contributed by atoms with E-state index in [9.17, 15) is 0 Å². The van der Waals surface area contributed by atoms with Crippen molar-refractivity contribution in [1.82, 2.24) is 4.90 Å². The molecule has 0 aromatic rings. The first-order valence-electron chi connectivity index (χ1n) is 3.07. The maximum absolute atomic E-state index is 2.38. The van der Waals surface area contributed by atoms with E-state index in [1.54, 1.807) is 0 Å². The fraction of sp³-hybridized carbons (Fsp3) is 1.00. The molecule has 0 spiro atoms. The van der Waals surface area contributed by atoms with Crippen LogP contribution in [0.2, 0.25) is 0 Å². The zero-order chi connectivity index (χ0) is 5.70. The van der Waals surface area contributed by atoms with E-state index in [4.69, 9.17) is 0 Å². The molecule has 1 nitrogen and oxygen atoms in total. The van der Waals surface area contributed by atoms with Crippen LogP contribution in [0.1, 0.15) is 26.5 Å². The summed E-state index contributed by atoms with van der Waals surface area (Å²) in [6.45, 7) is 10.1. The SMILES string of the molecule is CCN(CC)CC.[H-].[H-].[H-].[H-].[Na+].[Na+].[Na+].[Na+]. The molecule has 0 aromatic carbocycles. The van der Waals surface area contributed by atoms with Gasteiger partial charge in [0.05, 0.1) is 0 Å². The summed E-state index contributed by atoms with van der Waals surface area (Å²) in [6.07, 6.45) is 0. The zero-order valence-electron chi connectivity index (χ0n) is 13.6. The van der Waals surface area contributed by atoms with Crippen LogP contribution in [0.4, 0.5) is 0 Å². The van der Waals surface area contributed by atoms with Crippen LogP contribution in [0, 0.1) is 0 Å². The number of nitrogens with zero attached hydrogens (tertiary/aromatic N) is 1. The fourth-order valence-corrected chi connectivity index (χ4v) is 0.671. The maximum Gasteiger partial charge on any atom is 1.00 e. The summed E-state index contributed by atoms with van der Waals surface area (Å²) in [5.74, 6) is 0. The van der Waals surface area contributed by atoms with Crippen molar-refractivity contribution in [3.05, 3.63) is 0 Å². The van der Waals surface area contributed by atoms with E-state index < -0.39 is 0 Å². The molecule has 0 N–H and O–H groups in total. The molecule has 0 aromatic heterocycles. The molecule has 0 saturated heterocycles. The molecule has 5 heteroatoms. The number of rotatable bonds is 3. The van der Waals surface area contributed by atoms with Gasteiger partial charge in [-0.25, -0.2) is 0 Å². The van der Waals surface area contributed by atoms with Gasteiger partial charge in [-0.15, -0.1) is 0 Å². The van der Waals surface area contributed by atoms with Gasteiger partial charge in [-0.05, 0) is 19.6 Å². The van der Waals surface area contributed by atoms with Crippen molar-refractivity contribution < 1.29 is 124 Å². The van der Waals surface area contributed by atoms with E-state index in [-0.39, 0.29) is 124 Å². The Bertz CT molecular complexity index is 48.6. The van der Waals surface area contributed by atoms with E-state index in [0.717, 1.165) is 0 Å². The van der Waals surface area contributed by atoms with Crippen molar-refractivity contribution >= 4 is 0 Å². The van der Waals surface area contributed by atoms with E-state index >= 15 is 0 Å². The first kappa shape index (κ1) is 29.4. The summed E-state index contributed by atoms with van der Waals surface area (Å²) >= 11 is 0. The minimum Gasteiger partial charge on any atom is -1.00 e. The quantitative estimate of drug-likeness (QED) is 0.406. The number of hydrogen-bond donors (Lipinski definition) is 0. The molecule has 0 aliphatic heterocycles. The Morgan fingerprint density at radius 3 is 0.909 bits per heavy atom. The van der Waals surface area contributed by atoms with Crippen molar-refractivity contribution in [3.8, 4) is 0 Å². The van der Waals surface area contributed by atoms with Crippen molar-refractivity contribution in [2.24, 2.45) is 0 Å². The predicted molar refractivity (Wildman–Crippen MR) is 37.9 cm³/mol. The van der Waals surface area contributed by atoms with E-state index in [0.29, 0.717) is 0 Å². The largest absolute Gasteiger partial charge is 1.00 e. The molecule has 0 unspecified atom stereocenters. The summed E-state index contributed by atoms with van der Waals surface area (Å²) in [6, 6.07) is 0. The van der Waals surface area contributed by atoms with Crippen molar-refractivity contribution in [3.63, 3.8) is 0 Å². The fourth-order valence-electron chi connectivity index (χ4n) is 0.671. The molecule has 11 heavy (non-hydrogen) atoms. The van der Waals surface area contributed by atoms with Crippen molar-refractivity contribution in [2.45, 2.75) is 20.8 Å². The summed E-state index contributed by atoms with van der Waals surface area (Å²) in [5.41, 5.74) is 0. The number of hydrogen-bond acceptors (Lipinski definition) is 1. The molecule has 52 valence electrons. The van der Waals surface area contributed by atoms with Gasteiger partial charge < -0.3 is 10.6 Å². The van der Waals surface area contributed by atoms with Gasteiger partial charge in [-0.1, -0.05) is 20.8 Å². The monoisotopic (exact) mass is 197 g/mol. The third-order valence-corrected chi connectivity index (χ3v) is 1.34. The van der Waals surface area contributed by atoms with Crippen LogP contribution in [0.15, 0.2) is 0 Å². The predicted octanol–water partition coefficient (Wildman–Crippen LogP) is -10.2. The first-order valence-corrected chi connectivity index (χ1v) is 3.07. The molecule has 0 rings (SSSR count). The standard InChI is InChI=1S/C6H15N.4Na.4H/c1-4-7(5-2)6-3;;;;;;;;/h4-6H2,1-3H3;;;;;;;;/q;4*+1;4*-1. The van der Waals surface area contributed by atoms with Crippen LogP contribution in [0.25, 0.3) is 0 Å². The Morgan fingerprint density at radius 2 is 0.909 bits per heavy atom. The first-order chi connectivity index (χ1) is 3.35. The van der Waals surface area contributed by atoms with Crippen molar-refractivity contribution in [2.75, 3.05) is 19.6 Å². The Hall–Kier alpha value is 3.96. The average Bonchev–Trinajstić information content (AvgIpc) is 1.72. The normalized spacial score (nSPS) is 6.55. The average molecular weight is 197 g/mol. The summed E-state index contributed by atoms with van der Waals surface area (Å²) in [7, 11) is 0. The third-order valence-electron chi connectivity index (χ3n) is 1.34. The molecular formula is C6H19NNa4. The van der Waals surface area contributed by atoms with Crippen LogP contribution >= 0.6 is 0 Å². The van der Waals surface area contributed by atoms with Crippen LogP contribution in [-0.4, -0.2) is 24.5 Å². The smallest absolute Gasteiger partial charge is 1.00 e. The molecule has 0 amide bonds. The zero-order valence-corrected chi connectivity index (χ0v) is 17.6. The van der Waals surface area contributed by atoms with E-state index in [1.165, 1.54) is 19.6 Å². The Kier molecular flexibility index (Phi) is 63.1. The molecule has 0 aliphatic rings. The molecular weight excluding hydrogens is 178 g/mol. The van der Waals surface area contributed by atoms with Gasteiger partial charge in [0.2, 0.25) is 0 Å². The van der Waals surface area contributed by atoms with Crippen molar-refractivity contribution in [1.29, 1.82) is 0 Å². The summed E-state index contributed by atoms with van der Waals surface area (Å²) in [5, 5.41) is 0. The van der Waals surface area contributed by atoms with Crippen LogP contribution in [-0.2, 0) is 0 Å². The van der Waals surface area contributed by atoms with Gasteiger partial charge in [0, 0.05) is 0 Å².